The molecule has 2 aliphatic rings. The van der Waals surface area contributed by atoms with Crippen LogP contribution in [0.25, 0.3) is 0 Å². The molecule has 3 rings (SSSR count). The highest BCUT2D eigenvalue weighted by molar-refractivity contribution is 5.86. The predicted octanol–water partition coefficient (Wildman–Crippen LogP) is 2.90. The number of carbonyl (C=O) groups is 4. The molecule has 0 spiro atoms. The van der Waals surface area contributed by atoms with Crippen molar-refractivity contribution < 1.29 is 23.9 Å². The van der Waals surface area contributed by atoms with Crippen LogP contribution in [0.1, 0.15) is 70.4 Å². The Hall–Kier alpha value is -2.43. The van der Waals surface area contributed by atoms with Crippen molar-refractivity contribution >= 4 is 48.5 Å². The molecule has 0 aliphatic carbocycles. The van der Waals surface area contributed by atoms with Gasteiger partial charge in [-0.1, -0.05) is 6.07 Å². The molecule has 12 heteroatoms. The van der Waals surface area contributed by atoms with Crippen molar-refractivity contribution in [3.8, 4) is 0 Å². The predicted molar refractivity (Wildman–Crippen MR) is 157 cm³/mol. The van der Waals surface area contributed by atoms with Gasteiger partial charge in [0.15, 0.2) is 6.61 Å². The molecule has 0 unspecified atom stereocenters. The van der Waals surface area contributed by atoms with Crippen molar-refractivity contribution in [1.82, 2.24) is 25.4 Å². The fourth-order valence-electron chi connectivity index (χ4n) is 5.23. The van der Waals surface area contributed by atoms with Crippen molar-refractivity contribution in [3.63, 3.8) is 0 Å². The summed E-state index contributed by atoms with van der Waals surface area (Å²) < 4.78 is 5.23. The van der Waals surface area contributed by atoms with Crippen LogP contribution in [0.4, 0.5) is 0 Å². The van der Waals surface area contributed by atoms with E-state index in [9.17, 15) is 19.2 Å². The number of hydrogen-bond donors (Lipinski definition) is 2. The fourth-order valence-corrected chi connectivity index (χ4v) is 5.23. The zero-order valence-electron chi connectivity index (χ0n) is 23.6. The van der Waals surface area contributed by atoms with E-state index in [1.807, 2.05) is 18.7 Å². The second kappa shape index (κ2) is 18.8. The van der Waals surface area contributed by atoms with Crippen LogP contribution in [0.15, 0.2) is 24.5 Å². The number of carbonyl (C=O) groups excluding carboxylic acids is 4. The molecule has 2 atom stereocenters. The van der Waals surface area contributed by atoms with E-state index < -0.39 is 12.0 Å². The van der Waals surface area contributed by atoms with Gasteiger partial charge in [-0.15, -0.1) is 24.8 Å². The number of nitrogens with zero attached hydrogens (tertiary/aromatic N) is 3. The van der Waals surface area contributed by atoms with Crippen molar-refractivity contribution in [1.29, 1.82) is 0 Å². The van der Waals surface area contributed by atoms with E-state index in [0.717, 1.165) is 38.8 Å². The molecule has 40 heavy (non-hydrogen) atoms. The van der Waals surface area contributed by atoms with E-state index in [-0.39, 0.29) is 61.5 Å². The summed E-state index contributed by atoms with van der Waals surface area (Å²) in [6, 6.07) is 2.90. The topological polar surface area (TPSA) is 121 Å². The minimum atomic E-state index is -0.641. The molecule has 3 amide bonds. The lowest BCUT2D eigenvalue weighted by atomic mass is 9.92. The quantitative estimate of drug-likeness (QED) is 0.353. The lowest BCUT2D eigenvalue weighted by Gasteiger charge is -2.33. The Morgan fingerprint density at radius 1 is 1.15 bits per heavy atom. The first-order valence-electron chi connectivity index (χ1n) is 14.0. The van der Waals surface area contributed by atoms with Gasteiger partial charge in [-0.05, 0) is 76.6 Å². The number of hydrogen-bond acceptors (Lipinski definition) is 7. The average Bonchev–Trinajstić information content (AvgIpc) is 2.96. The van der Waals surface area contributed by atoms with E-state index in [4.69, 9.17) is 4.74 Å². The second-order valence-corrected chi connectivity index (χ2v) is 10.2. The minimum Gasteiger partial charge on any atom is -0.455 e. The Morgan fingerprint density at radius 3 is 2.52 bits per heavy atom. The third-order valence-electron chi connectivity index (χ3n) is 7.62. The number of esters is 1. The average molecular weight is 603 g/mol. The molecule has 3 heterocycles. The SMILES string of the molecule is CCN(CC)C(=O)COC(=O)C[C@H](NC(=O)[C@@H]1CCCN(C(=O)CCC2CCNCC2)C1)c1cccnc1.Cl.Cl. The number of halogens is 2. The van der Waals surface area contributed by atoms with Crippen LogP contribution in [-0.2, 0) is 23.9 Å². The van der Waals surface area contributed by atoms with Crippen LogP contribution in [0.5, 0.6) is 0 Å². The van der Waals surface area contributed by atoms with Crippen molar-refractivity contribution in [3.05, 3.63) is 30.1 Å². The maximum absolute atomic E-state index is 13.3. The summed E-state index contributed by atoms with van der Waals surface area (Å²) in [6.07, 6.45) is 8.21. The molecular formula is C28H45Cl2N5O5. The number of amides is 3. The second-order valence-electron chi connectivity index (χ2n) is 10.2. The molecule has 2 saturated heterocycles. The summed E-state index contributed by atoms with van der Waals surface area (Å²) in [4.78, 5) is 58.5. The van der Waals surface area contributed by atoms with Gasteiger partial charge in [0.2, 0.25) is 11.8 Å². The normalized spacial score (nSPS) is 17.9. The number of nitrogens with one attached hydrogen (secondary N) is 2. The third kappa shape index (κ3) is 11.2. The van der Waals surface area contributed by atoms with E-state index in [1.165, 1.54) is 0 Å². The van der Waals surface area contributed by atoms with Gasteiger partial charge in [0.05, 0.1) is 18.4 Å². The first-order valence-corrected chi connectivity index (χ1v) is 14.0. The van der Waals surface area contributed by atoms with Crippen LogP contribution in [0, 0.1) is 11.8 Å². The van der Waals surface area contributed by atoms with Crippen LogP contribution < -0.4 is 10.6 Å². The van der Waals surface area contributed by atoms with Gasteiger partial charge in [-0.25, -0.2) is 0 Å². The van der Waals surface area contributed by atoms with Gasteiger partial charge in [-0.3, -0.25) is 24.2 Å². The molecule has 0 bridgehead atoms. The monoisotopic (exact) mass is 601 g/mol. The van der Waals surface area contributed by atoms with Gasteiger partial charge in [0.25, 0.3) is 5.91 Å². The summed E-state index contributed by atoms with van der Waals surface area (Å²) in [5.74, 6) is -0.652. The number of rotatable bonds is 12. The molecule has 226 valence electrons. The Balaban J connectivity index is 0.00000400. The molecular weight excluding hydrogens is 557 g/mol. The fraction of sp³-hybridized carbons (Fsp3) is 0.679. The van der Waals surface area contributed by atoms with Crippen molar-refractivity contribution in [2.75, 3.05) is 45.9 Å². The van der Waals surface area contributed by atoms with Crippen LogP contribution in [0.3, 0.4) is 0 Å². The molecule has 1 aromatic heterocycles. The highest BCUT2D eigenvalue weighted by atomic mass is 35.5. The van der Waals surface area contributed by atoms with E-state index in [0.29, 0.717) is 50.5 Å². The summed E-state index contributed by atoms with van der Waals surface area (Å²) in [5, 5.41) is 6.34. The van der Waals surface area contributed by atoms with Crippen molar-refractivity contribution in [2.45, 2.75) is 64.8 Å². The first-order chi connectivity index (χ1) is 18.4. The van der Waals surface area contributed by atoms with Crippen molar-refractivity contribution in [2.24, 2.45) is 11.8 Å². The molecule has 2 fully saturated rings. The van der Waals surface area contributed by atoms with Crippen LogP contribution in [-0.4, -0.2) is 84.4 Å². The van der Waals surface area contributed by atoms with Crippen LogP contribution >= 0.6 is 24.8 Å². The van der Waals surface area contributed by atoms with Gasteiger partial charge in [0, 0.05) is 45.0 Å². The highest BCUT2D eigenvalue weighted by Crippen LogP contribution is 2.23. The Labute approximate surface area is 250 Å². The zero-order chi connectivity index (χ0) is 27.3. The van der Waals surface area contributed by atoms with Gasteiger partial charge in [-0.2, -0.15) is 0 Å². The largest absolute Gasteiger partial charge is 0.455 e. The highest BCUT2D eigenvalue weighted by Gasteiger charge is 2.31. The van der Waals surface area contributed by atoms with Crippen LogP contribution in [0.2, 0.25) is 0 Å². The molecule has 0 aromatic carbocycles. The summed E-state index contributed by atoms with van der Waals surface area (Å²) in [6.45, 7) is 7.58. The van der Waals surface area contributed by atoms with E-state index in [1.54, 1.807) is 29.4 Å². The standard InChI is InChI=1S/C28H43N5O5.2ClH/c1-3-32(4-2)26(35)20-38-27(36)17-24(22-7-5-13-30-18-22)31-28(37)23-8-6-16-33(19-23)25(34)10-9-21-11-14-29-15-12-21;;/h5,7,13,18,21,23-24,29H,3-4,6,8-12,14-17,19-20H2,1-2H3,(H,31,37);2*1H/t23-,24+;;/m1../s1. The minimum absolute atomic E-state index is 0. The van der Waals surface area contributed by atoms with Gasteiger partial charge >= 0.3 is 5.97 Å². The zero-order valence-corrected chi connectivity index (χ0v) is 25.3. The summed E-state index contributed by atoms with van der Waals surface area (Å²) in [7, 11) is 0. The Morgan fingerprint density at radius 2 is 1.88 bits per heavy atom. The number of pyridine rings is 1. The summed E-state index contributed by atoms with van der Waals surface area (Å²) >= 11 is 0. The number of likely N-dealkylation sites (N-methyl/N-ethyl adjacent to an activating group) is 1. The third-order valence-corrected chi connectivity index (χ3v) is 7.62. The maximum atomic E-state index is 13.3. The van der Waals surface area contributed by atoms with E-state index in [2.05, 4.69) is 15.6 Å². The van der Waals surface area contributed by atoms with Gasteiger partial charge in [0.1, 0.15) is 0 Å². The van der Waals surface area contributed by atoms with Gasteiger partial charge < -0.3 is 25.2 Å². The maximum Gasteiger partial charge on any atom is 0.308 e. The summed E-state index contributed by atoms with van der Waals surface area (Å²) in [5.41, 5.74) is 0.679. The molecule has 0 saturated carbocycles. The number of ether oxygens (including phenoxy) is 1. The molecule has 2 aliphatic heterocycles. The molecule has 0 radical (unpaired) electrons. The van der Waals surface area contributed by atoms with E-state index >= 15 is 0 Å². The lowest BCUT2D eigenvalue weighted by Crippen LogP contribution is -2.46. The number of piperidine rings is 2. The number of likely N-dealkylation sites (tertiary alicyclic amines) is 1. The Kier molecular flexibility index (Phi) is 16.8. The lowest BCUT2D eigenvalue weighted by molar-refractivity contribution is -0.152. The molecule has 2 N–H and O–H groups in total. The molecule has 10 nitrogen and oxygen atoms in total. The first kappa shape index (κ1) is 35.6. The number of aromatic nitrogens is 1. The Bertz CT molecular complexity index is 929. The smallest absolute Gasteiger partial charge is 0.308 e. The molecule has 1 aromatic rings.